The second-order valence-electron chi connectivity index (χ2n) is 4.41. The van der Waals surface area contributed by atoms with Crippen LogP contribution < -0.4 is 11.1 Å². The quantitative estimate of drug-likeness (QED) is 0.836. The van der Waals surface area contributed by atoms with Crippen LogP contribution in [0.2, 0.25) is 0 Å². The largest absolute Gasteiger partial charge is 0.351 e. The summed E-state index contributed by atoms with van der Waals surface area (Å²) in [6.45, 7) is 2.80. The van der Waals surface area contributed by atoms with Crippen molar-refractivity contribution < 1.29 is 4.79 Å². The fourth-order valence-electron chi connectivity index (χ4n) is 1.74. The fourth-order valence-corrected chi connectivity index (χ4v) is 2.44. The smallest absolute Gasteiger partial charge is 0.252 e. The van der Waals surface area contributed by atoms with Gasteiger partial charge in [0.25, 0.3) is 5.91 Å². The van der Waals surface area contributed by atoms with Gasteiger partial charge in [-0.2, -0.15) is 0 Å². The Bertz CT molecular complexity index is 658. The first-order valence-electron chi connectivity index (χ1n) is 6.53. The molecule has 0 aromatic carbocycles. The number of nitrogens with one attached hydrogen (secondary N) is 1. The van der Waals surface area contributed by atoms with Crippen LogP contribution in [0.5, 0.6) is 0 Å². The van der Waals surface area contributed by atoms with Crippen LogP contribution in [0.4, 0.5) is 0 Å². The van der Waals surface area contributed by atoms with E-state index in [0.29, 0.717) is 17.7 Å². The van der Waals surface area contributed by atoms with Gasteiger partial charge in [-0.3, -0.25) is 9.78 Å². The molecular weight excluding hydrogens is 284 g/mol. The monoisotopic (exact) mass is 300 g/mol. The third-order valence-corrected chi connectivity index (χ3v) is 3.84. The molecule has 0 saturated carbocycles. The maximum Gasteiger partial charge on any atom is 0.252 e. The van der Waals surface area contributed by atoms with Gasteiger partial charge in [-0.15, -0.1) is 11.3 Å². The van der Waals surface area contributed by atoms with Gasteiger partial charge in [-0.05, 0) is 6.07 Å². The molecule has 0 aliphatic carbocycles. The summed E-state index contributed by atoms with van der Waals surface area (Å²) in [5.74, 6) is 5.61. The lowest BCUT2D eigenvalue weighted by molar-refractivity contribution is 0.0951. The lowest BCUT2D eigenvalue weighted by atomic mass is 10.1. The number of amides is 1. The normalized spacial score (nSPS) is 11.3. The van der Waals surface area contributed by atoms with E-state index >= 15 is 0 Å². The van der Waals surface area contributed by atoms with Gasteiger partial charge in [-0.25, -0.2) is 4.98 Å². The van der Waals surface area contributed by atoms with Crippen molar-refractivity contribution in [1.29, 1.82) is 0 Å². The van der Waals surface area contributed by atoms with E-state index in [1.807, 2.05) is 12.3 Å². The van der Waals surface area contributed by atoms with Gasteiger partial charge in [0.05, 0.1) is 22.7 Å². The Morgan fingerprint density at radius 2 is 2.38 bits per heavy atom. The van der Waals surface area contributed by atoms with Crippen molar-refractivity contribution in [3.8, 4) is 11.8 Å². The molecule has 3 N–H and O–H groups in total. The third kappa shape index (κ3) is 4.12. The lowest BCUT2D eigenvalue weighted by Crippen LogP contribution is -2.28. The third-order valence-electron chi connectivity index (χ3n) is 2.83. The fraction of sp³-hybridized carbons (Fsp3) is 0.267. The number of pyridine rings is 1. The van der Waals surface area contributed by atoms with E-state index < -0.39 is 0 Å². The number of hydrogen-bond donors (Lipinski definition) is 2. The molecule has 2 heterocycles. The SMILES string of the molecule is CC(CNC(=O)c1ccncc1C#CCN)c1nccs1. The van der Waals surface area contributed by atoms with Gasteiger partial charge in [0.15, 0.2) is 0 Å². The number of carbonyl (C=O) groups excluding carboxylic acids is 1. The lowest BCUT2D eigenvalue weighted by Gasteiger charge is -2.10. The molecule has 0 aliphatic heterocycles. The van der Waals surface area contributed by atoms with E-state index in [0.717, 1.165) is 5.01 Å². The van der Waals surface area contributed by atoms with E-state index in [1.54, 1.807) is 36.0 Å². The molecule has 2 aromatic rings. The van der Waals surface area contributed by atoms with E-state index in [2.05, 4.69) is 27.1 Å². The molecule has 2 aromatic heterocycles. The van der Waals surface area contributed by atoms with Gasteiger partial charge in [0, 0.05) is 36.4 Å². The van der Waals surface area contributed by atoms with Crippen molar-refractivity contribution in [3.05, 3.63) is 46.2 Å². The molecule has 0 radical (unpaired) electrons. The summed E-state index contributed by atoms with van der Waals surface area (Å²) in [7, 11) is 0. The van der Waals surface area contributed by atoms with Crippen molar-refractivity contribution in [1.82, 2.24) is 15.3 Å². The molecule has 0 saturated heterocycles. The maximum atomic E-state index is 12.2. The second-order valence-corrected chi connectivity index (χ2v) is 5.33. The van der Waals surface area contributed by atoms with E-state index in [4.69, 9.17) is 5.73 Å². The zero-order chi connectivity index (χ0) is 15.1. The highest BCUT2D eigenvalue weighted by Gasteiger charge is 2.13. The van der Waals surface area contributed by atoms with Crippen molar-refractivity contribution >= 4 is 17.2 Å². The highest BCUT2D eigenvalue weighted by atomic mass is 32.1. The summed E-state index contributed by atoms with van der Waals surface area (Å²) < 4.78 is 0. The minimum Gasteiger partial charge on any atom is -0.351 e. The van der Waals surface area contributed by atoms with Crippen molar-refractivity contribution in [3.63, 3.8) is 0 Å². The Morgan fingerprint density at radius 1 is 1.52 bits per heavy atom. The maximum absolute atomic E-state index is 12.2. The Kier molecular flexibility index (Phi) is 5.43. The van der Waals surface area contributed by atoms with Gasteiger partial charge in [-0.1, -0.05) is 18.8 Å². The number of nitrogens with zero attached hydrogens (tertiary/aromatic N) is 2. The van der Waals surface area contributed by atoms with Crippen LogP contribution in [0.3, 0.4) is 0 Å². The second kappa shape index (κ2) is 7.53. The highest BCUT2D eigenvalue weighted by molar-refractivity contribution is 7.09. The van der Waals surface area contributed by atoms with Crippen LogP contribution in [-0.4, -0.2) is 29.0 Å². The summed E-state index contributed by atoms with van der Waals surface area (Å²) in [5, 5.41) is 5.84. The molecule has 0 fully saturated rings. The average Bonchev–Trinajstić information content (AvgIpc) is 3.05. The molecule has 5 nitrogen and oxygen atoms in total. The van der Waals surface area contributed by atoms with Gasteiger partial charge < -0.3 is 11.1 Å². The Morgan fingerprint density at radius 3 is 3.10 bits per heavy atom. The molecule has 0 spiro atoms. The Hall–Kier alpha value is -2.23. The zero-order valence-corrected chi connectivity index (χ0v) is 12.5. The summed E-state index contributed by atoms with van der Waals surface area (Å²) in [6.07, 6.45) is 4.91. The predicted octanol–water partition coefficient (Wildman–Crippen LogP) is 1.38. The van der Waals surface area contributed by atoms with Gasteiger partial charge in [0.1, 0.15) is 0 Å². The van der Waals surface area contributed by atoms with Gasteiger partial charge >= 0.3 is 0 Å². The number of thiazole rings is 1. The molecule has 0 aliphatic rings. The summed E-state index contributed by atoms with van der Waals surface area (Å²) in [5.41, 5.74) is 6.45. The van der Waals surface area contributed by atoms with Crippen LogP contribution in [-0.2, 0) is 0 Å². The van der Waals surface area contributed by atoms with Crippen LogP contribution in [0, 0.1) is 11.8 Å². The summed E-state index contributed by atoms with van der Waals surface area (Å²) >= 11 is 1.58. The first-order chi connectivity index (χ1) is 10.2. The summed E-state index contributed by atoms with van der Waals surface area (Å²) in [4.78, 5) is 20.5. The molecular formula is C15H16N4OS. The molecule has 1 amide bonds. The summed E-state index contributed by atoms with van der Waals surface area (Å²) in [6, 6.07) is 1.66. The molecule has 0 bridgehead atoms. The molecule has 1 unspecified atom stereocenters. The van der Waals surface area contributed by atoms with E-state index in [1.165, 1.54) is 0 Å². The average molecular weight is 300 g/mol. The molecule has 6 heteroatoms. The Balaban J connectivity index is 2.04. The predicted molar refractivity (Wildman–Crippen MR) is 83.0 cm³/mol. The molecule has 2 rings (SSSR count). The minimum absolute atomic E-state index is 0.165. The number of aromatic nitrogens is 2. The van der Waals surface area contributed by atoms with Crippen LogP contribution in [0.25, 0.3) is 0 Å². The number of nitrogens with two attached hydrogens (primary N) is 1. The van der Waals surface area contributed by atoms with E-state index in [-0.39, 0.29) is 18.4 Å². The van der Waals surface area contributed by atoms with Crippen molar-refractivity contribution in [2.45, 2.75) is 12.8 Å². The van der Waals surface area contributed by atoms with Crippen molar-refractivity contribution in [2.24, 2.45) is 5.73 Å². The number of rotatable bonds is 4. The number of hydrogen-bond acceptors (Lipinski definition) is 5. The molecule has 108 valence electrons. The first-order valence-corrected chi connectivity index (χ1v) is 7.41. The van der Waals surface area contributed by atoms with Gasteiger partial charge in [0.2, 0.25) is 0 Å². The molecule has 1 atom stereocenters. The first kappa shape index (κ1) is 15.2. The molecule has 21 heavy (non-hydrogen) atoms. The Labute approximate surface area is 127 Å². The highest BCUT2D eigenvalue weighted by Crippen LogP contribution is 2.16. The van der Waals surface area contributed by atoms with Crippen LogP contribution in [0.15, 0.2) is 30.0 Å². The zero-order valence-electron chi connectivity index (χ0n) is 11.7. The van der Waals surface area contributed by atoms with Crippen LogP contribution in [0.1, 0.15) is 33.8 Å². The number of carbonyl (C=O) groups is 1. The van der Waals surface area contributed by atoms with E-state index in [9.17, 15) is 4.79 Å². The topological polar surface area (TPSA) is 80.9 Å². The van der Waals surface area contributed by atoms with Crippen molar-refractivity contribution in [2.75, 3.05) is 13.1 Å². The standard InChI is InChI=1S/C15H16N4OS/c1-11(15-18-7-8-21-15)9-19-14(20)13-4-6-17-10-12(13)3-2-5-16/h4,6-8,10-11H,5,9,16H2,1H3,(H,19,20). The van der Waals surface area contributed by atoms with Crippen LogP contribution >= 0.6 is 11.3 Å². The minimum atomic E-state index is -0.165.